The van der Waals surface area contributed by atoms with Gasteiger partial charge in [0.15, 0.2) is 0 Å². The maximum atomic E-state index is 5.81. The van der Waals surface area contributed by atoms with E-state index in [2.05, 4.69) is 5.32 Å². The van der Waals surface area contributed by atoms with Crippen LogP contribution < -0.4 is 10.1 Å². The van der Waals surface area contributed by atoms with E-state index in [1.54, 1.807) is 0 Å². The predicted octanol–water partition coefficient (Wildman–Crippen LogP) is 3.13. The van der Waals surface area contributed by atoms with E-state index in [4.69, 9.17) is 21.1 Å². The smallest absolute Gasteiger partial charge is 0.119 e. The zero-order chi connectivity index (χ0) is 13.3. The molecule has 0 saturated carbocycles. The fraction of sp³-hybridized carbons (Fsp3) is 0.600. The van der Waals surface area contributed by atoms with Gasteiger partial charge in [-0.25, -0.2) is 0 Å². The summed E-state index contributed by atoms with van der Waals surface area (Å²) >= 11 is 5.81. The molecule has 19 heavy (non-hydrogen) atoms. The normalized spacial score (nSPS) is 16.5. The van der Waals surface area contributed by atoms with Crippen molar-refractivity contribution in [2.24, 2.45) is 5.92 Å². The average molecular weight is 284 g/mol. The summed E-state index contributed by atoms with van der Waals surface area (Å²) in [5, 5.41) is 4.10. The molecule has 1 heterocycles. The first-order valence-electron chi connectivity index (χ1n) is 7.01. The van der Waals surface area contributed by atoms with E-state index in [0.717, 1.165) is 49.4 Å². The van der Waals surface area contributed by atoms with Gasteiger partial charge in [0.2, 0.25) is 0 Å². The molecule has 1 N–H and O–H groups in total. The molecule has 0 unspecified atom stereocenters. The van der Waals surface area contributed by atoms with Gasteiger partial charge in [-0.3, -0.25) is 0 Å². The van der Waals surface area contributed by atoms with Crippen molar-refractivity contribution in [3.8, 4) is 5.75 Å². The number of piperidine rings is 1. The van der Waals surface area contributed by atoms with E-state index in [1.165, 1.54) is 12.8 Å². The summed E-state index contributed by atoms with van der Waals surface area (Å²) in [4.78, 5) is 0. The van der Waals surface area contributed by atoms with Gasteiger partial charge in [-0.15, -0.1) is 0 Å². The zero-order valence-electron chi connectivity index (χ0n) is 11.2. The van der Waals surface area contributed by atoms with Crippen LogP contribution >= 0.6 is 11.6 Å². The molecular weight excluding hydrogens is 262 g/mol. The summed E-state index contributed by atoms with van der Waals surface area (Å²) in [5.41, 5.74) is 0. The number of hydrogen-bond acceptors (Lipinski definition) is 3. The lowest BCUT2D eigenvalue weighted by atomic mass is 9.99. The predicted molar refractivity (Wildman–Crippen MR) is 78.0 cm³/mol. The standard InChI is InChI=1S/C15H22ClNO2/c16-14-2-4-15(5-3-14)19-11-1-10-18-12-13-6-8-17-9-7-13/h2-5,13,17H,1,6-12H2. The van der Waals surface area contributed by atoms with Gasteiger partial charge in [-0.2, -0.15) is 0 Å². The first kappa shape index (κ1) is 14.6. The zero-order valence-corrected chi connectivity index (χ0v) is 12.0. The van der Waals surface area contributed by atoms with Gasteiger partial charge in [0, 0.05) is 24.7 Å². The Kier molecular flexibility index (Phi) is 6.48. The number of nitrogens with one attached hydrogen (secondary N) is 1. The van der Waals surface area contributed by atoms with Crippen LogP contribution in [-0.4, -0.2) is 32.9 Å². The number of ether oxygens (including phenoxy) is 2. The van der Waals surface area contributed by atoms with Gasteiger partial charge >= 0.3 is 0 Å². The summed E-state index contributed by atoms with van der Waals surface area (Å²) in [6.07, 6.45) is 3.40. The molecule has 4 heteroatoms. The molecule has 0 radical (unpaired) electrons. The molecule has 0 spiro atoms. The van der Waals surface area contributed by atoms with Crippen LogP contribution in [0.3, 0.4) is 0 Å². The number of hydrogen-bond donors (Lipinski definition) is 1. The van der Waals surface area contributed by atoms with Crippen molar-refractivity contribution in [3.63, 3.8) is 0 Å². The van der Waals surface area contributed by atoms with Crippen LogP contribution in [0.2, 0.25) is 5.02 Å². The average Bonchev–Trinajstić information content (AvgIpc) is 2.46. The quantitative estimate of drug-likeness (QED) is 0.780. The Balaban J connectivity index is 1.49. The second-order valence-electron chi connectivity index (χ2n) is 4.92. The minimum absolute atomic E-state index is 0.688. The highest BCUT2D eigenvalue weighted by Gasteiger charge is 2.12. The Morgan fingerprint density at radius 1 is 1.11 bits per heavy atom. The van der Waals surface area contributed by atoms with Crippen LogP contribution in [0, 0.1) is 5.92 Å². The van der Waals surface area contributed by atoms with Gasteiger partial charge in [-0.05, 0) is 56.1 Å². The second-order valence-corrected chi connectivity index (χ2v) is 5.36. The fourth-order valence-electron chi connectivity index (χ4n) is 2.18. The van der Waals surface area contributed by atoms with Gasteiger partial charge in [0.05, 0.1) is 6.61 Å². The topological polar surface area (TPSA) is 30.5 Å². The Labute approximate surface area is 120 Å². The molecule has 106 valence electrons. The number of benzene rings is 1. The van der Waals surface area contributed by atoms with E-state index in [-0.39, 0.29) is 0 Å². The molecule has 0 atom stereocenters. The fourth-order valence-corrected chi connectivity index (χ4v) is 2.31. The minimum Gasteiger partial charge on any atom is -0.494 e. The van der Waals surface area contributed by atoms with E-state index >= 15 is 0 Å². The van der Waals surface area contributed by atoms with Crippen LogP contribution in [0.5, 0.6) is 5.75 Å². The SMILES string of the molecule is Clc1ccc(OCCCOCC2CCNCC2)cc1. The van der Waals surface area contributed by atoms with Gasteiger partial charge in [-0.1, -0.05) is 11.6 Å². The van der Waals surface area contributed by atoms with E-state index in [0.29, 0.717) is 6.61 Å². The van der Waals surface area contributed by atoms with Crippen molar-refractivity contribution < 1.29 is 9.47 Å². The lowest BCUT2D eigenvalue weighted by Gasteiger charge is -2.22. The molecule has 0 aromatic heterocycles. The highest BCUT2D eigenvalue weighted by atomic mass is 35.5. The molecule has 0 amide bonds. The molecule has 1 aromatic rings. The Bertz CT molecular complexity index is 350. The lowest BCUT2D eigenvalue weighted by Crippen LogP contribution is -2.30. The van der Waals surface area contributed by atoms with Crippen LogP contribution in [-0.2, 0) is 4.74 Å². The molecular formula is C15H22ClNO2. The molecule has 0 aliphatic carbocycles. The summed E-state index contributed by atoms with van der Waals surface area (Å²) in [7, 11) is 0. The van der Waals surface area contributed by atoms with Crippen LogP contribution in [0.15, 0.2) is 24.3 Å². The van der Waals surface area contributed by atoms with E-state index in [1.807, 2.05) is 24.3 Å². The van der Waals surface area contributed by atoms with Crippen LogP contribution in [0.1, 0.15) is 19.3 Å². The Hall–Kier alpha value is -0.770. The summed E-state index contributed by atoms with van der Waals surface area (Å²) in [5.74, 6) is 1.60. The highest BCUT2D eigenvalue weighted by Crippen LogP contribution is 2.15. The highest BCUT2D eigenvalue weighted by molar-refractivity contribution is 6.30. The van der Waals surface area contributed by atoms with Crippen molar-refractivity contribution in [3.05, 3.63) is 29.3 Å². The molecule has 0 bridgehead atoms. The Morgan fingerprint density at radius 3 is 2.58 bits per heavy atom. The molecule has 1 saturated heterocycles. The summed E-state index contributed by atoms with van der Waals surface area (Å²) < 4.78 is 11.3. The second kappa shape index (κ2) is 8.41. The monoisotopic (exact) mass is 283 g/mol. The first-order chi connectivity index (χ1) is 9.34. The van der Waals surface area contributed by atoms with Crippen molar-refractivity contribution in [1.29, 1.82) is 0 Å². The van der Waals surface area contributed by atoms with Crippen molar-refractivity contribution >= 4 is 11.6 Å². The summed E-state index contributed by atoms with van der Waals surface area (Å²) in [6, 6.07) is 7.45. The van der Waals surface area contributed by atoms with Gasteiger partial charge in [0.25, 0.3) is 0 Å². The number of halogens is 1. The van der Waals surface area contributed by atoms with Gasteiger partial charge in [0.1, 0.15) is 5.75 Å². The first-order valence-corrected chi connectivity index (χ1v) is 7.39. The van der Waals surface area contributed by atoms with E-state index < -0.39 is 0 Å². The molecule has 1 aromatic carbocycles. The lowest BCUT2D eigenvalue weighted by molar-refractivity contribution is 0.0789. The third-order valence-corrected chi connectivity index (χ3v) is 3.58. The third kappa shape index (κ3) is 5.81. The van der Waals surface area contributed by atoms with Crippen LogP contribution in [0.25, 0.3) is 0 Å². The minimum atomic E-state index is 0.688. The van der Waals surface area contributed by atoms with E-state index in [9.17, 15) is 0 Å². The maximum Gasteiger partial charge on any atom is 0.119 e. The van der Waals surface area contributed by atoms with Crippen LogP contribution in [0.4, 0.5) is 0 Å². The molecule has 1 aliphatic heterocycles. The molecule has 3 nitrogen and oxygen atoms in total. The molecule has 1 aliphatic rings. The Morgan fingerprint density at radius 2 is 1.84 bits per heavy atom. The van der Waals surface area contributed by atoms with Crippen molar-refractivity contribution in [1.82, 2.24) is 5.32 Å². The number of rotatable bonds is 7. The molecule has 1 fully saturated rings. The maximum absolute atomic E-state index is 5.81. The molecule has 2 rings (SSSR count). The van der Waals surface area contributed by atoms with Crippen molar-refractivity contribution in [2.75, 3.05) is 32.9 Å². The largest absolute Gasteiger partial charge is 0.494 e. The summed E-state index contributed by atoms with van der Waals surface area (Å²) in [6.45, 7) is 4.62. The van der Waals surface area contributed by atoms with Crippen molar-refractivity contribution in [2.45, 2.75) is 19.3 Å². The third-order valence-electron chi connectivity index (χ3n) is 3.33. The van der Waals surface area contributed by atoms with Gasteiger partial charge < -0.3 is 14.8 Å².